The lowest BCUT2D eigenvalue weighted by Gasteiger charge is -2.30. The van der Waals surface area contributed by atoms with Gasteiger partial charge in [-0.05, 0) is 68.0 Å². The molecule has 2 amide bonds. The van der Waals surface area contributed by atoms with Crippen LogP contribution < -0.4 is 15.0 Å². The standard InChI is InChI=1S/C23H26N2O3/c1-2-28-20-11-5-16(6-12-20)14-22(26)24-19-10-9-17-4-3-13-25(21(17)15-19)23(27)18-7-8-18/h5-6,9-12,15,18H,2-4,7-8,13-14H2,1H3,(H,24,26). The summed E-state index contributed by atoms with van der Waals surface area (Å²) in [6.07, 6.45) is 4.28. The Morgan fingerprint density at radius 1 is 1.14 bits per heavy atom. The first kappa shape index (κ1) is 18.5. The molecule has 1 heterocycles. The molecule has 0 radical (unpaired) electrons. The van der Waals surface area contributed by atoms with Crippen molar-refractivity contribution in [1.29, 1.82) is 0 Å². The molecule has 28 heavy (non-hydrogen) atoms. The molecule has 1 saturated carbocycles. The van der Waals surface area contributed by atoms with Gasteiger partial charge in [0.1, 0.15) is 5.75 Å². The minimum atomic E-state index is -0.0695. The van der Waals surface area contributed by atoms with Crippen molar-refractivity contribution in [2.24, 2.45) is 5.92 Å². The van der Waals surface area contributed by atoms with E-state index in [9.17, 15) is 9.59 Å². The van der Waals surface area contributed by atoms with Crippen LogP contribution in [0.15, 0.2) is 42.5 Å². The van der Waals surface area contributed by atoms with Gasteiger partial charge in [0.25, 0.3) is 0 Å². The normalized spacial score (nSPS) is 15.7. The predicted molar refractivity (Wildman–Crippen MR) is 110 cm³/mol. The van der Waals surface area contributed by atoms with E-state index in [1.54, 1.807) is 0 Å². The average Bonchev–Trinajstić information content (AvgIpc) is 3.54. The number of hydrogen-bond acceptors (Lipinski definition) is 3. The van der Waals surface area contributed by atoms with Gasteiger partial charge in [0.15, 0.2) is 0 Å². The maximum atomic E-state index is 12.6. The van der Waals surface area contributed by atoms with Gasteiger partial charge in [0, 0.05) is 23.8 Å². The predicted octanol–water partition coefficient (Wildman–Crippen LogP) is 3.96. The van der Waals surface area contributed by atoms with Gasteiger partial charge in [-0.1, -0.05) is 18.2 Å². The molecular weight excluding hydrogens is 352 g/mol. The van der Waals surface area contributed by atoms with E-state index in [1.807, 2.05) is 54.3 Å². The Balaban J connectivity index is 1.44. The number of carbonyl (C=O) groups excluding carboxylic acids is 2. The Labute approximate surface area is 165 Å². The van der Waals surface area contributed by atoms with Crippen LogP contribution in [0, 0.1) is 5.92 Å². The zero-order valence-corrected chi connectivity index (χ0v) is 16.2. The van der Waals surface area contributed by atoms with Crippen molar-refractivity contribution in [3.63, 3.8) is 0 Å². The summed E-state index contributed by atoms with van der Waals surface area (Å²) in [4.78, 5) is 27.0. The van der Waals surface area contributed by atoms with E-state index in [4.69, 9.17) is 4.74 Å². The molecule has 2 aliphatic rings. The van der Waals surface area contributed by atoms with E-state index in [-0.39, 0.29) is 17.7 Å². The first-order chi connectivity index (χ1) is 13.6. The largest absolute Gasteiger partial charge is 0.494 e. The molecule has 0 saturated heterocycles. The van der Waals surface area contributed by atoms with Gasteiger partial charge in [0.2, 0.25) is 11.8 Å². The lowest BCUT2D eigenvalue weighted by atomic mass is 10.0. The Morgan fingerprint density at radius 3 is 2.64 bits per heavy atom. The van der Waals surface area contributed by atoms with Crippen LogP contribution >= 0.6 is 0 Å². The highest BCUT2D eigenvalue weighted by Crippen LogP contribution is 2.36. The number of nitrogens with zero attached hydrogens (tertiary/aromatic N) is 1. The average molecular weight is 378 g/mol. The third-order valence-electron chi connectivity index (χ3n) is 5.28. The molecule has 5 heteroatoms. The number of rotatable bonds is 6. The molecule has 5 nitrogen and oxygen atoms in total. The summed E-state index contributed by atoms with van der Waals surface area (Å²) < 4.78 is 5.43. The van der Waals surface area contributed by atoms with Crippen molar-refractivity contribution in [1.82, 2.24) is 0 Å². The molecule has 0 bridgehead atoms. The van der Waals surface area contributed by atoms with Gasteiger partial charge in [0.05, 0.1) is 13.0 Å². The van der Waals surface area contributed by atoms with Gasteiger partial charge in [-0.2, -0.15) is 0 Å². The van der Waals surface area contributed by atoms with Crippen LogP contribution in [0.25, 0.3) is 0 Å². The van der Waals surface area contributed by atoms with E-state index in [1.165, 1.54) is 5.56 Å². The second-order valence-electron chi connectivity index (χ2n) is 7.51. The van der Waals surface area contributed by atoms with Crippen molar-refractivity contribution in [3.05, 3.63) is 53.6 Å². The van der Waals surface area contributed by atoms with E-state index < -0.39 is 0 Å². The van der Waals surface area contributed by atoms with Gasteiger partial charge in [-0.15, -0.1) is 0 Å². The molecule has 1 aliphatic heterocycles. The third-order valence-corrected chi connectivity index (χ3v) is 5.28. The number of hydrogen-bond donors (Lipinski definition) is 1. The highest BCUT2D eigenvalue weighted by atomic mass is 16.5. The van der Waals surface area contributed by atoms with Crippen molar-refractivity contribution >= 4 is 23.2 Å². The number of carbonyl (C=O) groups is 2. The molecule has 0 aromatic heterocycles. The van der Waals surface area contributed by atoms with Crippen LogP contribution in [0.2, 0.25) is 0 Å². The van der Waals surface area contributed by atoms with Crippen LogP contribution in [-0.4, -0.2) is 25.0 Å². The molecule has 1 aliphatic carbocycles. The molecule has 4 rings (SSSR count). The summed E-state index contributed by atoms with van der Waals surface area (Å²) in [5.74, 6) is 1.17. The summed E-state index contributed by atoms with van der Waals surface area (Å²) >= 11 is 0. The Morgan fingerprint density at radius 2 is 1.93 bits per heavy atom. The molecule has 0 spiro atoms. The fourth-order valence-electron chi connectivity index (χ4n) is 3.69. The number of fused-ring (bicyclic) bond motifs is 1. The molecule has 2 aromatic rings. The van der Waals surface area contributed by atoms with Gasteiger partial charge < -0.3 is 15.0 Å². The van der Waals surface area contributed by atoms with Crippen molar-refractivity contribution < 1.29 is 14.3 Å². The second-order valence-corrected chi connectivity index (χ2v) is 7.51. The Bertz CT molecular complexity index is 872. The van der Waals surface area contributed by atoms with Crippen LogP contribution in [-0.2, 0) is 22.4 Å². The summed E-state index contributed by atoms with van der Waals surface area (Å²) in [5.41, 5.74) is 3.82. The fraction of sp³-hybridized carbons (Fsp3) is 0.391. The first-order valence-electron chi connectivity index (χ1n) is 10.1. The molecule has 0 unspecified atom stereocenters. The monoisotopic (exact) mass is 378 g/mol. The van der Waals surface area contributed by atoms with E-state index in [0.29, 0.717) is 13.0 Å². The lowest BCUT2D eigenvalue weighted by molar-refractivity contribution is -0.120. The minimum absolute atomic E-state index is 0.0695. The maximum absolute atomic E-state index is 12.6. The number of aryl methyl sites for hydroxylation is 1. The zero-order valence-electron chi connectivity index (χ0n) is 16.2. The molecule has 1 fully saturated rings. The summed E-state index contributed by atoms with van der Waals surface area (Å²) in [7, 11) is 0. The number of ether oxygens (including phenoxy) is 1. The molecule has 2 aromatic carbocycles. The highest BCUT2D eigenvalue weighted by molar-refractivity contribution is 5.99. The van der Waals surface area contributed by atoms with E-state index >= 15 is 0 Å². The Kier molecular flexibility index (Phi) is 5.33. The lowest BCUT2D eigenvalue weighted by Crippen LogP contribution is -2.36. The van der Waals surface area contributed by atoms with Crippen LogP contribution in [0.4, 0.5) is 11.4 Å². The number of nitrogens with one attached hydrogen (secondary N) is 1. The minimum Gasteiger partial charge on any atom is -0.494 e. The van der Waals surface area contributed by atoms with Gasteiger partial charge in [-0.3, -0.25) is 9.59 Å². The summed E-state index contributed by atoms with van der Waals surface area (Å²) in [6, 6.07) is 13.5. The number of amides is 2. The second kappa shape index (κ2) is 8.05. The molecule has 1 N–H and O–H groups in total. The molecular formula is C23H26N2O3. The van der Waals surface area contributed by atoms with E-state index in [2.05, 4.69) is 5.32 Å². The Hall–Kier alpha value is -2.82. The van der Waals surface area contributed by atoms with Crippen molar-refractivity contribution in [3.8, 4) is 5.75 Å². The van der Waals surface area contributed by atoms with Gasteiger partial charge in [-0.25, -0.2) is 0 Å². The highest BCUT2D eigenvalue weighted by Gasteiger charge is 2.35. The third kappa shape index (κ3) is 4.19. The topological polar surface area (TPSA) is 58.6 Å². The smallest absolute Gasteiger partial charge is 0.230 e. The first-order valence-corrected chi connectivity index (χ1v) is 10.1. The van der Waals surface area contributed by atoms with Crippen LogP contribution in [0.3, 0.4) is 0 Å². The quantitative estimate of drug-likeness (QED) is 0.828. The van der Waals surface area contributed by atoms with E-state index in [0.717, 1.165) is 54.9 Å². The number of benzene rings is 2. The van der Waals surface area contributed by atoms with Crippen LogP contribution in [0.5, 0.6) is 5.75 Å². The molecule has 0 atom stereocenters. The summed E-state index contributed by atoms with van der Waals surface area (Å²) in [6.45, 7) is 3.34. The summed E-state index contributed by atoms with van der Waals surface area (Å²) in [5, 5.41) is 2.98. The van der Waals surface area contributed by atoms with Crippen molar-refractivity contribution in [2.75, 3.05) is 23.4 Å². The van der Waals surface area contributed by atoms with Gasteiger partial charge >= 0.3 is 0 Å². The molecule has 146 valence electrons. The maximum Gasteiger partial charge on any atom is 0.230 e. The fourth-order valence-corrected chi connectivity index (χ4v) is 3.69. The van der Waals surface area contributed by atoms with Crippen LogP contribution in [0.1, 0.15) is 37.3 Å². The number of anilines is 2. The zero-order chi connectivity index (χ0) is 19.5. The van der Waals surface area contributed by atoms with Crippen molar-refractivity contribution in [2.45, 2.75) is 39.0 Å². The SMILES string of the molecule is CCOc1ccc(CC(=O)Nc2ccc3c(c2)N(C(=O)C2CC2)CCC3)cc1.